The van der Waals surface area contributed by atoms with Gasteiger partial charge in [0.1, 0.15) is 0 Å². The van der Waals surface area contributed by atoms with E-state index in [9.17, 15) is 4.79 Å². The summed E-state index contributed by atoms with van der Waals surface area (Å²) < 4.78 is 0. The van der Waals surface area contributed by atoms with Gasteiger partial charge in [0.15, 0.2) is 0 Å². The van der Waals surface area contributed by atoms with Crippen molar-refractivity contribution < 1.29 is 0 Å². The summed E-state index contributed by atoms with van der Waals surface area (Å²) in [5.41, 5.74) is 6.44. The van der Waals surface area contributed by atoms with E-state index in [1.165, 1.54) is 0 Å². The lowest BCUT2D eigenvalue weighted by atomic mass is 10.1. The fourth-order valence-corrected chi connectivity index (χ4v) is 1.55. The van der Waals surface area contributed by atoms with Crippen LogP contribution < -0.4 is 11.3 Å². The first-order valence-corrected chi connectivity index (χ1v) is 4.42. The molecule has 1 aromatic heterocycles. The third-order valence-corrected chi connectivity index (χ3v) is 2.50. The Labute approximate surface area is 84.7 Å². The van der Waals surface area contributed by atoms with Crippen molar-refractivity contribution in [1.82, 2.24) is 9.97 Å². The molecular formula is C9H8ClN3O. The maximum atomic E-state index is 11.5. The van der Waals surface area contributed by atoms with Gasteiger partial charge in [-0.05, 0) is 24.6 Å². The van der Waals surface area contributed by atoms with E-state index in [2.05, 4.69) is 9.97 Å². The molecule has 4 nitrogen and oxygen atoms in total. The third-order valence-electron chi connectivity index (χ3n) is 2.09. The standard InChI is InChI=1S/C9H8ClN3O/c1-4-5(10)2-3-6-7(4)8(14)13-9(11)12-6/h2-3H,1H3,(H3,11,12,13,14). The lowest BCUT2D eigenvalue weighted by Crippen LogP contribution is -2.12. The number of fused-ring (bicyclic) bond motifs is 1. The SMILES string of the molecule is Cc1c(Cl)ccc2nc(N)[nH]c(=O)c12. The molecule has 0 fully saturated rings. The highest BCUT2D eigenvalue weighted by Gasteiger charge is 2.07. The van der Waals surface area contributed by atoms with Crippen molar-refractivity contribution >= 4 is 28.5 Å². The van der Waals surface area contributed by atoms with E-state index in [1.807, 2.05) is 0 Å². The van der Waals surface area contributed by atoms with Crippen LogP contribution in [0, 0.1) is 6.92 Å². The van der Waals surface area contributed by atoms with E-state index < -0.39 is 0 Å². The van der Waals surface area contributed by atoms with Crippen LogP contribution in [0.1, 0.15) is 5.56 Å². The molecule has 2 aromatic rings. The number of rotatable bonds is 0. The van der Waals surface area contributed by atoms with E-state index in [0.717, 1.165) is 5.56 Å². The minimum Gasteiger partial charge on any atom is -0.369 e. The van der Waals surface area contributed by atoms with Crippen molar-refractivity contribution in [3.8, 4) is 0 Å². The number of aromatic amines is 1. The molecule has 0 saturated carbocycles. The molecule has 0 bridgehead atoms. The number of hydrogen-bond acceptors (Lipinski definition) is 3. The van der Waals surface area contributed by atoms with Crippen molar-refractivity contribution in [2.45, 2.75) is 6.92 Å². The van der Waals surface area contributed by atoms with E-state index in [-0.39, 0.29) is 11.5 Å². The van der Waals surface area contributed by atoms with Crippen LogP contribution >= 0.6 is 11.6 Å². The highest BCUT2D eigenvalue weighted by atomic mass is 35.5. The molecule has 0 unspecified atom stereocenters. The Morgan fingerprint density at radius 2 is 2.21 bits per heavy atom. The number of nitrogen functional groups attached to an aromatic ring is 1. The van der Waals surface area contributed by atoms with Gasteiger partial charge in [-0.25, -0.2) is 4.98 Å². The molecule has 0 radical (unpaired) electrons. The molecule has 0 spiro atoms. The first-order valence-electron chi connectivity index (χ1n) is 4.04. The Morgan fingerprint density at radius 1 is 1.50 bits per heavy atom. The predicted molar refractivity (Wildman–Crippen MR) is 56.5 cm³/mol. The van der Waals surface area contributed by atoms with Gasteiger partial charge in [0.05, 0.1) is 10.9 Å². The molecule has 1 aromatic carbocycles. The first kappa shape index (κ1) is 9.02. The zero-order valence-corrected chi connectivity index (χ0v) is 8.22. The number of H-pyrrole nitrogens is 1. The summed E-state index contributed by atoms with van der Waals surface area (Å²) in [6, 6.07) is 3.38. The summed E-state index contributed by atoms with van der Waals surface area (Å²) in [6.07, 6.45) is 0. The Balaban J connectivity index is 3.03. The number of halogens is 1. The van der Waals surface area contributed by atoms with E-state index in [4.69, 9.17) is 17.3 Å². The van der Waals surface area contributed by atoms with E-state index >= 15 is 0 Å². The second kappa shape index (κ2) is 2.99. The number of anilines is 1. The number of hydrogen-bond donors (Lipinski definition) is 2. The molecule has 5 heteroatoms. The van der Waals surface area contributed by atoms with E-state index in [1.54, 1.807) is 19.1 Å². The fourth-order valence-electron chi connectivity index (χ4n) is 1.39. The van der Waals surface area contributed by atoms with Crippen molar-refractivity contribution in [3.63, 3.8) is 0 Å². The fraction of sp³-hybridized carbons (Fsp3) is 0.111. The molecule has 72 valence electrons. The van der Waals surface area contributed by atoms with Crippen molar-refractivity contribution in [2.24, 2.45) is 0 Å². The van der Waals surface area contributed by atoms with Crippen LogP contribution in [0.4, 0.5) is 5.95 Å². The maximum Gasteiger partial charge on any atom is 0.260 e. The van der Waals surface area contributed by atoms with Crippen LogP contribution in [0.25, 0.3) is 10.9 Å². The molecule has 3 N–H and O–H groups in total. The van der Waals surface area contributed by atoms with Gasteiger partial charge in [-0.1, -0.05) is 11.6 Å². The van der Waals surface area contributed by atoms with Crippen LogP contribution in [-0.2, 0) is 0 Å². The number of nitrogens with zero attached hydrogens (tertiary/aromatic N) is 1. The van der Waals surface area contributed by atoms with Gasteiger partial charge in [0.25, 0.3) is 5.56 Å². The quantitative estimate of drug-likeness (QED) is 0.690. The molecule has 0 aliphatic carbocycles. The molecule has 2 rings (SSSR count). The lowest BCUT2D eigenvalue weighted by molar-refractivity contribution is 1.18. The number of nitrogens with one attached hydrogen (secondary N) is 1. The molecule has 0 aliphatic rings. The summed E-state index contributed by atoms with van der Waals surface area (Å²) >= 11 is 5.89. The highest BCUT2D eigenvalue weighted by Crippen LogP contribution is 2.21. The lowest BCUT2D eigenvalue weighted by Gasteiger charge is -2.02. The number of aromatic nitrogens is 2. The third kappa shape index (κ3) is 1.24. The van der Waals surface area contributed by atoms with Crippen molar-refractivity contribution in [1.29, 1.82) is 0 Å². The average molecular weight is 210 g/mol. The van der Waals surface area contributed by atoms with Gasteiger partial charge in [0.2, 0.25) is 5.95 Å². The second-order valence-corrected chi connectivity index (χ2v) is 3.42. The van der Waals surface area contributed by atoms with Gasteiger partial charge in [0, 0.05) is 5.02 Å². The Hall–Kier alpha value is -1.55. The maximum absolute atomic E-state index is 11.5. The van der Waals surface area contributed by atoms with Gasteiger partial charge < -0.3 is 5.73 Å². The molecule has 0 amide bonds. The van der Waals surface area contributed by atoms with Crippen LogP contribution in [0.15, 0.2) is 16.9 Å². The van der Waals surface area contributed by atoms with Crippen LogP contribution in [0.5, 0.6) is 0 Å². The molecule has 0 saturated heterocycles. The summed E-state index contributed by atoms with van der Waals surface area (Å²) in [6.45, 7) is 1.78. The Morgan fingerprint density at radius 3 is 2.93 bits per heavy atom. The van der Waals surface area contributed by atoms with Crippen LogP contribution in [0.2, 0.25) is 5.02 Å². The minimum absolute atomic E-state index is 0.115. The monoisotopic (exact) mass is 209 g/mol. The van der Waals surface area contributed by atoms with E-state index in [0.29, 0.717) is 15.9 Å². The molecule has 0 atom stereocenters. The topological polar surface area (TPSA) is 71.8 Å². The molecule has 0 aliphatic heterocycles. The van der Waals surface area contributed by atoms with Gasteiger partial charge in [-0.2, -0.15) is 0 Å². The zero-order chi connectivity index (χ0) is 10.3. The largest absolute Gasteiger partial charge is 0.369 e. The molecule has 14 heavy (non-hydrogen) atoms. The smallest absolute Gasteiger partial charge is 0.260 e. The number of benzene rings is 1. The van der Waals surface area contributed by atoms with Gasteiger partial charge >= 0.3 is 0 Å². The summed E-state index contributed by atoms with van der Waals surface area (Å²) in [7, 11) is 0. The normalized spacial score (nSPS) is 10.7. The summed E-state index contributed by atoms with van der Waals surface area (Å²) in [5.74, 6) is 0.115. The number of aryl methyl sites for hydroxylation is 1. The molecule has 1 heterocycles. The average Bonchev–Trinajstić information content (AvgIpc) is 2.10. The summed E-state index contributed by atoms with van der Waals surface area (Å²) in [5, 5.41) is 1.04. The van der Waals surface area contributed by atoms with Crippen LogP contribution in [0.3, 0.4) is 0 Å². The second-order valence-electron chi connectivity index (χ2n) is 3.02. The molecular weight excluding hydrogens is 202 g/mol. The van der Waals surface area contributed by atoms with Crippen molar-refractivity contribution in [2.75, 3.05) is 5.73 Å². The number of nitrogens with two attached hydrogens (primary N) is 1. The minimum atomic E-state index is -0.257. The van der Waals surface area contributed by atoms with Crippen LogP contribution in [-0.4, -0.2) is 9.97 Å². The zero-order valence-electron chi connectivity index (χ0n) is 7.47. The summed E-state index contributed by atoms with van der Waals surface area (Å²) in [4.78, 5) is 18.0. The highest BCUT2D eigenvalue weighted by molar-refractivity contribution is 6.32. The predicted octanol–water partition coefficient (Wildman–Crippen LogP) is 1.47. The van der Waals surface area contributed by atoms with Gasteiger partial charge in [-0.15, -0.1) is 0 Å². The first-order chi connectivity index (χ1) is 6.59. The Bertz CT molecular complexity index is 562. The van der Waals surface area contributed by atoms with Crippen molar-refractivity contribution in [3.05, 3.63) is 33.1 Å². The Kier molecular flexibility index (Phi) is 1.93. The van der Waals surface area contributed by atoms with Gasteiger partial charge in [-0.3, -0.25) is 9.78 Å².